The summed E-state index contributed by atoms with van der Waals surface area (Å²) in [5.74, 6) is -3.37. The fourth-order valence-corrected chi connectivity index (χ4v) is 9.10. The molecule has 0 unspecified atom stereocenters. The number of nitrogens with one attached hydrogen (secondary N) is 3. The van der Waals surface area contributed by atoms with Crippen LogP contribution in [0.3, 0.4) is 0 Å². The van der Waals surface area contributed by atoms with Crippen LogP contribution in [0.4, 0.5) is 18.0 Å². The molecule has 2 saturated carbocycles. The monoisotopic (exact) mass is 851 g/mol. The number of fused-ring (bicyclic) bond motifs is 3. The number of allylic oxidation sites excluding steroid dienone is 1. The average Bonchev–Trinajstić information content (AvgIpc) is 4.04. The smallest absolute Gasteiger partial charge is 0.427 e. The van der Waals surface area contributed by atoms with Gasteiger partial charge in [0.25, 0.3) is 5.91 Å². The Morgan fingerprint density at radius 3 is 2.42 bits per heavy atom. The van der Waals surface area contributed by atoms with Gasteiger partial charge in [-0.25, -0.2) is 18.2 Å². The van der Waals surface area contributed by atoms with E-state index in [9.17, 15) is 40.8 Å². The van der Waals surface area contributed by atoms with E-state index in [0.29, 0.717) is 56.1 Å². The number of carbonyl (C=O) groups excluding carboxylic acids is 4. The molecule has 2 aliphatic heterocycles. The summed E-state index contributed by atoms with van der Waals surface area (Å²) in [6.45, 7) is 4.47. The molecule has 3 fully saturated rings. The number of pyridine rings is 1. The minimum Gasteiger partial charge on any atom is -0.494 e. The Hall–Kier alpha value is -4.65. The molecule has 3 heterocycles. The summed E-state index contributed by atoms with van der Waals surface area (Å²) in [7, 11) is -1.21. The molecule has 3 N–H and O–H groups in total. The Morgan fingerprint density at radius 1 is 1.08 bits per heavy atom. The lowest BCUT2D eigenvalue weighted by Gasteiger charge is -2.35. The Morgan fingerprint density at radius 2 is 1.78 bits per heavy atom. The number of ether oxygens (including phenoxy) is 4. The van der Waals surface area contributed by atoms with E-state index in [-0.39, 0.29) is 44.2 Å². The Bertz CT molecular complexity index is 2090. The molecule has 6 rings (SSSR count). The average molecular weight is 852 g/mol. The number of alkyl carbamates (subject to hydrolysis) is 1. The van der Waals surface area contributed by atoms with Crippen LogP contribution in [0.25, 0.3) is 10.8 Å². The van der Waals surface area contributed by atoms with E-state index in [2.05, 4.69) is 20.3 Å². The maximum absolute atomic E-state index is 14.9. The van der Waals surface area contributed by atoms with Crippen LogP contribution < -0.4 is 24.8 Å². The molecule has 0 bridgehead atoms. The number of halogens is 3. The van der Waals surface area contributed by atoms with Gasteiger partial charge in [-0.05, 0) is 71.3 Å². The molecular weight excluding hydrogens is 800 g/mol. The fourth-order valence-electron chi connectivity index (χ4n) is 7.79. The fraction of sp³-hybridized carbons (Fsp3) is 0.625. The van der Waals surface area contributed by atoms with Crippen LogP contribution in [0.1, 0.15) is 72.6 Å². The van der Waals surface area contributed by atoms with Crippen molar-refractivity contribution >= 4 is 44.6 Å². The molecule has 19 heteroatoms. The lowest BCUT2D eigenvalue weighted by Crippen LogP contribution is -2.60. The summed E-state index contributed by atoms with van der Waals surface area (Å²) in [6, 6.07) is 4.24. The van der Waals surface area contributed by atoms with Crippen LogP contribution in [0.5, 0.6) is 11.6 Å². The summed E-state index contributed by atoms with van der Waals surface area (Å²) in [5.41, 5.74) is -4.58. The number of amides is 4. The molecule has 1 saturated heterocycles. The zero-order valence-electron chi connectivity index (χ0n) is 33.9. The zero-order valence-corrected chi connectivity index (χ0v) is 34.7. The van der Waals surface area contributed by atoms with Gasteiger partial charge in [-0.15, -0.1) is 0 Å². The van der Waals surface area contributed by atoms with E-state index in [1.54, 1.807) is 30.3 Å². The van der Waals surface area contributed by atoms with Crippen LogP contribution in [0, 0.1) is 17.8 Å². The molecular formula is C40H52F3N5O10S. The second-order valence-electron chi connectivity index (χ2n) is 16.9. The Labute approximate surface area is 341 Å². The molecule has 2 aromatic rings. The van der Waals surface area contributed by atoms with Crippen LogP contribution in [-0.2, 0) is 33.9 Å². The quantitative estimate of drug-likeness (QED) is 0.285. The molecule has 2 aliphatic carbocycles. The molecule has 4 amide bonds. The maximum atomic E-state index is 14.9. The van der Waals surface area contributed by atoms with Gasteiger partial charge < -0.3 is 34.5 Å². The van der Waals surface area contributed by atoms with Crippen LogP contribution in [0.15, 0.2) is 42.6 Å². The van der Waals surface area contributed by atoms with Gasteiger partial charge in [-0.3, -0.25) is 19.1 Å². The van der Waals surface area contributed by atoms with Crippen LogP contribution in [-0.4, -0.2) is 110 Å². The number of alkyl halides is 3. The van der Waals surface area contributed by atoms with Crippen molar-refractivity contribution in [2.24, 2.45) is 17.8 Å². The molecule has 1 aromatic carbocycles. The minimum atomic E-state index is -4.94. The van der Waals surface area contributed by atoms with Crippen molar-refractivity contribution in [3.8, 4) is 11.6 Å². The third-order valence-electron chi connectivity index (χ3n) is 12.0. The number of methoxy groups -OCH3 is 2. The molecule has 1 aromatic heterocycles. The second kappa shape index (κ2) is 16.4. The van der Waals surface area contributed by atoms with Crippen molar-refractivity contribution in [1.29, 1.82) is 0 Å². The molecule has 59 heavy (non-hydrogen) atoms. The first-order valence-electron chi connectivity index (χ1n) is 19.6. The van der Waals surface area contributed by atoms with Gasteiger partial charge in [0.1, 0.15) is 29.5 Å². The molecule has 4 aliphatic rings. The topological polar surface area (TPSA) is 192 Å². The van der Waals surface area contributed by atoms with Gasteiger partial charge in [0.15, 0.2) is 0 Å². The summed E-state index contributed by atoms with van der Waals surface area (Å²) in [6.07, 6.45) is -0.215. The first-order chi connectivity index (χ1) is 27.6. The Kier molecular flexibility index (Phi) is 12.2. The highest BCUT2D eigenvalue weighted by atomic mass is 32.2. The van der Waals surface area contributed by atoms with Crippen molar-refractivity contribution in [3.05, 3.63) is 42.6 Å². The lowest BCUT2D eigenvalue weighted by atomic mass is 9.87. The number of nitrogens with zero attached hydrogens (tertiary/aromatic N) is 2. The van der Waals surface area contributed by atoms with E-state index in [4.69, 9.17) is 18.9 Å². The zero-order chi connectivity index (χ0) is 43.1. The summed E-state index contributed by atoms with van der Waals surface area (Å²) in [5, 5.41) is 6.43. The normalized spacial score (nSPS) is 29.1. The van der Waals surface area contributed by atoms with Crippen LogP contribution in [0.2, 0.25) is 0 Å². The predicted octanol–water partition coefficient (Wildman–Crippen LogP) is 4.54. The highest BCUT2D eigenvalue weighted by molar-refractivity contribution is 7.91. The van der Waals surface area contributed by atoms with Crippen molar-refractivity contribution in [2.45, 2.75) is 113 Å². The number of carbonyl (C=O) groups is 4. The van der Waals surface area contributed by atoms with Gasteiger partial charge in [0.05, 0.1) is 31.2 Å². The first kappa shape index (κ1) is 43.9. The molecule has 15 nitrogen and oxygen atoms in total. The van der Waals surface area contributed by atoms with Crippen molar-refractivity contribution in [3.63, 3.8) is 0 Å². The number of sulfonamides is 1. The second-order valence-corrected chi connectivity index (χ2v) is 19.1. The number of hydrogen-bond donors (Lipinski definition) is 3. The Balaban J connectivity index is 1.38. The van der Waals surface area contributed by atoms with Gasteiger partial charge in [-0.1, -0.05) is 37.3 Å². The van der Waals surface area contributed by atoms with Gasteiger partial charge in [-0.2, -0.15) is 13.2 Å². The van der Waals surface area contributed by atoms with E-state index in [1.807, 2.05) is 13.0 Å². The van der Waals surface area contributed by atoms with E-state index in [1.165, 1.54) is 32.2 Å². The highest BCUT2D eigenvalue weighted by Gasteiger charge is 2.63. The van der Waals surface area contributed by atoms with Crippen molar-refractivity contribution in [2.75, 3.05) is 27.4 Å². The summed E-state index contributed by atoms with van der Waals surface area (Å²) < 4.78 is 91.1. The van der Waals surface area contributed by atoms with Gasteiger partial charge >= 0.3 is 12.3 Å². The third kappa shape index (κ3) is 9.10. The molecule has 324 valence electrons. The number of benzene rings is 1. The van der Waals surface area contributed by atoms with E-state index in [0.717, 1.165) is 0 Å². The van der Waals surface area contributed by atoms with E-state index >= 15 is 0 Å². The SMILES string of the molecule is COC[C@@H]1C[C@H](C)CC/C=C\[C@@H]2C[C@@]2(C(=O)NS(=O)(=O)C2(C)CC2)NC(=O)[C@@H]2C[C@@H](Oc3ncc(OC)c4ccccc34)CN2C(=O)[C@H]1NC(=O)OC(C)(C)C(F)(F)F. The number of aromatic nitrogens is 1. The highest BCUT2D eigenvalue weighted by Crippen LogP contribution is 2.48. The van der Waals surface area contributed by atoms with Gasteiger partial charge in [0.2, 0.25) is 33.3 Å². The largest absolute Gasteiger partial charge is 0.494 e. The molecule has 0 radical (unpaired) electrons. The van der Waals surface area contributed by atoms with Crippen LogP contribution >= 0.6 is 0 Å². The molecule has 0 spiro atoms. The van der Waals surface area contributed by atoms with Crippen molar-refractivity contribution in [1.82, 2.24) is 25.2 Å². The standard InChI is InChI=1S/C40H52F3N5O10S/c1-23-11-7-8-12-25-19-39(25,35(51)47-59(53,54)38(4)15-16-38)46-32(49)29-18-26(57-33-28-14-10-9-13-27(28)30(56-6)20-44-33)21-48(29)34(50)31(24(17-23)22-55-5)45-36(52)58-37(2,3)40(41,42)43/h8-10,12-14,20,23-26,29,31H,7,11,15-19,21-22H2,1-6H3,(H,45,52)(H,46,49)(H,47,51)/b12-8-/t23-,24+,25-,26-,29+,31+,39-/m1/s1. The number of hydrogen-bond acceptors (Lipinski definition) is 11. The minimum absolute atomic E-state index is 0.0894. The first-order valence-corrected chi connectivity index (χ1v) is 21.1. The third-order valence-corrected chi connectivity index (χ3v) is 14.1. The molecule has 7 atom stereocenters. The summed E-state index contributed by atoms with van der Waals surface area (Å²) >= 11 is 0. The van der Waals surface area contributed by atoms with Gasteiger partial charge in [0, 0.05) is 36.1 Å². The maximum Gasteiger partial charge on any atom is 0.427 e. The van der Waals surface area contributed by atoms with E-state index < -0.39 is 85.9 Å². The van der Waals surface area contributed by atoms with Crippen molar-refractivity contribution < 1.29 is 59.7 Å². The number of rotatable bonds is 10. The predicted molar refractivity (Wildman–Crippen MR) is 208 cm³/mol. The lowest BCUT2D eigenvalue weighted by molar-refractivity contribution is -0.244. The summed E-state index contributed by atoms with van der Waals surface area (Å²) in [4.78, 5) is 62.3.